The average molecular weight is 378 g/mol. The van der Waals surface area contributed by atoms with Gasteiger partial charge in [-0.1, -0.05) is 68.6 Å². The second-order valence-corrected chi connectivity index (χ2v) is 8.72. The maximum absolute atomic E-state index is 12.5. The number of Topliss-reactive ketones (excluding diaryl/α,β-unsaturated/α-hetero) is 1. The minimum Gasteiger partial charge on any atom is -0.294 e. The smallest absolute Gasteiger partial charge is 0.162 e. The molecule has 0 radical (unpaired) electrons. The normalized spacial score (nSPS) is 16.9. The van der Waals surface area contributed by atoms with Crippen molar-refractivity contribution in [2.24, 2.45) is 10.9 Å². The molecule has 0 amide bonds. The number of hydrogen-bond donors (Lipinski definition) is 0. The van der Waals surface area contributed by atoms with E-state index in [9.17, 15) is 4.79 Å². The number of hydrogen-bond acceptors (Lipinski definition) is 3. The van der Waals surface area contributed by atoms with E-state index in [2.05, 4.69) is 37.3 Å². The topological polar surface area (TPSA) is 29.4 Å². The Bertz CT molecular complexity index is 864. The molecule has 0 atom stereocenters. The van der Waals surface area contributed by atoms with Gasteiger partial charge in [-0.3, -0.25) is 9.79 Å². The van der Waals surface area contributed by atoms with Gasteiger partial charge in [0.15, 0.2) is 5.78 Å². The Balaban J connectivity index is 1.76. The molecular weight excluding hydrogens is 350 g/mol. The van der Waals surface area contributed by atoms with Gasteiger partial charge in [0.25, 0.3) is 0 Å². The van der Waals surface area contributed by atoms with E-state index in [1.54, 1.807) is 11.8 Å². The van der Waals surface area contributed by atoms with Gasteiger partial charge in [0.05, 0.1) is 11.4 Å². The van der Waals surface area contributed by atoms with Crippen molar-refractivity contribution in [2.75, 3.05) is 0 Å². The van der Waals surface area contributed by atoms with Crippen molar-refractivity contribution >= 4 is 28.9 Å². The van der Waals surface area contributed by atoms with E-state index >= 15 is 0 Å². The fourth-order valence-electron chi connectivity index (χ4n) is 4.11. The number of nitrogens with zero attached hydrogens (tertiary/aromatic N) is 1. The highest BCUT2D eigenvalue weighted by Gasteiger charge is 2.25. The van der Waals surface area contributed by atoms with Gasteiger partial charge in [0.1, 0.15) is 0 Å². The summed E-state index contributed by atoms with van der Waals surface area (Å²) in [6.45, 7) is 2.12. The van der Waals surface area contributed by atoms with Crippen LogP contribution in [0.25, 0.3) is 0 Å². The summed E-state index contributed by atoms with van der Waals surface area (Å²) >= 11 is 1.78. The molecule has 1 heterocycles. The minimum absolute atomic E-state index is 0.237. The molecule has 1 aliphatic carbocycles. The molecule has 2 aliphatic rings. The largest absolute Gasteiger partial charge is 0.294 e. The first-order valence-electron chi connectivity index (χ1n) is 10.3. The van der Waals surface area contributed by atoms with Gasteiger partial charge in [-0.2, -0.15) is 0 Å². The quantitative estimate of drug-likeness (QED) is 0.514. The van der Waals surface area contributed by atoms with E-state index in [-0.39, 0.29) is 5.78 Å². The van der Waals surface area contributed by atoms with E-state index in [1.165, 1.54) is 48.3 Å². The Kier molecular flexibility index (Phi) is 5.77. The monoisotopic (exact) mass is 377 g/mol. The first-order chi connectivity index (χ1) is 13.3. The van der Waals surface area contributed by atoms with Crippen molar-refractivity contribution in [3.05, 3.63) is 53.6 Å². The van der Waals surface area contributed by atoms with Gasteiger partial charge in [-0.05, 0) is 37.5 Å². The Labute approximate surface area is 166 Å². The molecule has 0 N–H and O–H groups in total. The zero-order valence-electron chi connectivity index (χ0n) is 16.0. The highest BCUT2D eigenvalue weighted by molar-refractivity contribution is 7.99. The van der Waals surface area contributed by atoms with Crippen LogP contribution in [0.2, 0.25) is 0 Å². The molecule has 0 bridgehead atoms. The van der Waals surface area contributed by atoms with Gasteiger partial charge in [-0.15, -0.1) is 0 Å². The van der Waals surface area contributed by atoms with Crippen LogP contribution in [-0.2, 0) is 0 Å². The molecule has 0 unspecified atom stereocenters. The molecule has 4 rings (SSSR count). The molecule has 1 fully saturated rings. The number of carbonyl (C=O) groups excluding carboxylic acids is 1. The Hall–Kier alpha value is -1.87. The van der Waals surface area contributed by atoms with Crippen molar-refractivity contribution in [3.63, 3.8) is 0 Å². The molecule has 27 heavy (non-hydrogen) atoms. The van der Waals surface area contributed by atoms with Crippen LogP contribution >= 0.6 is 11.8 Å². The molecule has 2 nitrogen and oxygen atoms in total. The highest BCUT2D eigenvalue weighted by Crippen LogP contribution is 2.43. The van der Waals surface area contributed by atoms with Crippen LogP contribution in [0.15, 0.2) is 57.2 Å². The Morgan fingerprint density at radius 3 is 2.70 bits per heavy atom. The summed E-state index contributed by atoms with van der Waals surface area (Å²) in [6, 6.07) is 14.7. The van der Waals surface area contributed by atoms with Gasteiger partial charge >= 0.3 is 0 Å². The summed E-state index contributed by atoms with van der Waals surface area (Å²) in [5, 5.41) is 0. The fraction of sp³-hybridized carbons (Fsp3) is 0.417. The zero-order chi connectivity index (χ0) is 18.6. The van der Waals surface area contributed by atoms with Crippen molar-refractivity contribution < 1.29 is 4.79 Å². The van der Waals surface area contributed by atoms with Crippen LogP contribution in [0.3, 0.4) is 0 Å². The van der Waals surface area contributed by atoms with Crippen molar-refractivity contribution in [1.29, 1.82) is 0 Å². The van der Waals surface area contributed by atoms with Crippen molar-refractivity contribution in [3.8, 4) is 0 Å². The van der Waals surface area contributed by atoms with Crippen LogP contribution in [0.5, 0.6) is 0 Å². The average Bonchev–Trinajstić information content (AvgIpc) is 2.88. The number of ketones is 1. The van der Waals surface area contributed by atoms with Crippen molar-refractivity contribution in [2.45, 2.75) is 68.1 Å². The second-order valence-electron chi connectivity index (χ2n) is 7.64. The first kappa shape index (κ1) is 18.5. The van der Waals surface area contributed by atoms with E-state index in [0.717, 1.165) is 29.0 Å². The summed E-state index contributed by atoms with van der Waals surface area (Å²) in [4.78, 5) is 20.1. The third-order valence-corrected chi connectivity index (χ3v) is 6.80. The van der Waals surface area contributed by atoms with E-state index in [4.69, 9.17) is 4.99 Å². The number of unbranched alkanes of at least 4 members (excludes halogenated alkanes) is 1. The van der Waals surface area contributed by atoms with E-state index in [1.807, 2.05) is 12.1 Å². The molecule has 3 heteroatoms. The zero-order valence-corrected chi connectivity index (χ0v) is 16.9. The standard InChI is InChI=1S/C24H27NOS/c1-2-3-12-21(26)18-14-15-23-20(16-18)25-24(17-9-5-4-6-10-17)19-11-7-8-13-22(19)27-23/h7-8,11,13-17H,2-6,9-10,12H2,1H3. The number of aliphatic imine (C=N–C) groups is 1. The first-order valence-corrected chi connectivity index (χ1v) is 11.1. The summed E-state index contributed by atoms with van der Waals surface area (Å²) in [5.74, 6) is 0.770. The lowest BCUT2D eigenvalue weighted by Crippen LogP contribution is -2.19. The second kappa shape index (κ2) is 8.43. The predicted molar refractivity (Wildman–Crippen MR) is 114 cm³/mol. The van der Waals surface area contributed by atoms with Crippen molar-refractivity contribution in [1.82, 2.24) is 0 Å². The molecule has 2 aromatic carbocycles. The number of benzene rings is 2. The van der Waals surface area contributed by atoms with Crippen LogP contribution < -0.4 is 0 Å². The lowest BCUT2D eigenvalue weighted by Gasteiger charge is -2.24. The fourth-order valence-corrected chi connectivity index (χ4v) is 5.12. The predicted octanol–water partition coefficient (Wildman–Crippen LogP) is 7.23. The lowest BCUT2D eigenvalue weighted by molar-refractivity contribution is 0.0979. The summed E-state index contributed by atoms with van der Waals surface area (Å²) < 4.78 is 0. The molecule has 2 aromatic rings. The van der Waals surface area contributed by atoms with E-state index < -0.39 is 0 Å². The third-order valence-electron chi connectivity index (χ3n) is 5.65. The maximum Gasteiger partial charge on any atom is 0.162 e. The minimum atomic E-state index is 0.237. The van der Waals surface area contributed by atoms with Crippen LogP contribution in [0, 0.1) is 5.92 Å². The van der Waals surface area contributed by atoms with E-state index in [0.29, 0.717) is 12.3 Å². The Morgan fingerprint density at radius 2 is 1.89 bits per heavy atom. The lowest BCUT2D eigenvalue weighted by atomic mass is 9.83. The molecule has 0 spiro atoms. The van der Waals surface area contributed by atoms with Crippen LogP contribution in [0.1, 0.15) is 74.2 Å². The number of rotatable bonds is 5. The van der Waals surface area contributed by atoms with Gasteiger partial charge in [0, 0.05) is 33.3 Å². The molecule has 0 saturated heterocycles. The SMILES string of the molecule is CCCCC(=O)c1ccc2c(c1)N=C(C1CCCCC1)c1ccccc1S2. The summed E-state index contributed by atoms with van der Waals surface area (Å²) in [6.07, 6.45) is 9.00. The molecule has 0 aromatic heterocycles. The summed E-state index contributed by atoms with van der Waals surface area (Å²) in [7, 11) is 0. The van der Waals surface area contributed by atoms with Crippen LogP contribution in [-0.4, -0.2) is 11.5 Å². The number of fused-ring (bicyclic) bond motifs is 2. The van der Waals surface area contributed by atoms with Crippen LogP contribution in [0.4, 0.5) is 5.69 Å². The van der Waals surface area contributed by atoms with Gasteiger partial charge in [0.2, 0.25) is 0 Å². The van der Waals surface area contributed by atoms with Gasteiger partial charge < -0.3 is 0 Å². The molecule has 1 saturated carbocycles. The van der Waals surface area contributed by atoms with Gasteiger partial charge in [-0.25, -0.2) is 0 Å². The number of carbonyl (C=O) groups is 1. The summed E-state index contributed by atoms with van der Waals surface area (Å²) in [5.41, 5.74) is 4.29. The molecule has 140 valence electrons. The maximum atomic E-state index is 12.5. The highest BCUT2D eigenvalue weighted by atomic mass is 32.2. The third kappa shape index (κ3) is 4.03. The Morgan fingerprint density at radius 1 is 1.07 bits per heavy atom. The molecule has 1 aliphatic heterocycles. The molecular formula is C24H27NOS.